The van der Waals surface area contributed by atoms with E-state index in [0.29, 0.717) is 5.92 Å². The minimum atomic E-state index is 0.333. The Kier molecular flexibility index (Phi) is 6.82. The Bertz CT molecular complexity index is 3190. The van der Waals surface area contributed by atoms with Crippen LogP contribution in [0, 0.1) is 0 Å². The highest BCUT2D eigenvalue weighted by atomic mass is 32.2. The molecule has 2 aliphatic rings. The summed E-state index contributed by atoms with van der Waals surface area (Å²) in [6, 6.07) is 68.2. The number of nitrogens with zero attached hydrogens (tertiary/aromatic N) is 1. The molecule has 2 heterocycles. The van der Waals surface area contributed by atoms with Crippen molar-refractivity contribution in [2.24, 2.45) is 0 Å². The minimum Gasteiger partial charge on any atom is -0.309 e. The number of aryl methyl sites for hydroxylation is 1. The highest BCUT2D eigenvalue weighted by Gasteiger charge is 2.29. The monoisotopic (exact) mass is 717 g/mol. The molecule has 0 unspecified atom stereocenters. The Balaban J connectivity index is 1.01. The van der Waals surface area contributed by atoms with Gasteiger partial charge in [0.2, 0.25) is 0 Å². The molecule has 1 aliphatic heterocycles. The van der Waals surface area contributed by atoms with Crippen LogP contribution < -0.4 is 0 Å². The van der Waals surface area contributed by atoms with Crippen molar-refractivity contribution in [3.8, 4) is 39.1 Å². The van der Waals surface area contributed by atoms with E-state index in [1.807, 2.05) is 11.8 Å². The lowest BCUT2D eigenvalue weighted by Crippen LogP contribution is -2.02. The van der Waals surface area contributed by atoms with Gasteiger partial charge in [-0.15, -0.1) is 0 Å². The average Bonchev–Trinajstić information content (AvgIpc) is 3.47. The van der Waals surface area contributed by atoms with Crippen LogP contribution in [0.25, 0.3) is 82.4 Å². The van der Waals surface area contributed by atoms with Crippen LogP contribution in [0.5, 0.6) is 0 Å². The number of benzene rings is 9. The first-order valence-electron chi connectivity index (χ1n) is 19.3. The predicted molar refractivity (Wildman–Crippen MR) is 233 cm³/mol. The smallest absolute Gasteiger partial charge is 0.0541 e. The van der Waals surface area contributed by atoms with E-state index in [2.05, 4.69) is 187 Å². The molecule has 258 valence electrons. The molecule has 0 bridgehead atoms. The van der Waals surface area contributed by atoms with Crippen LogP contribution in [0.4, 0.5) is 0 Å². The summed E-state index contributed by atoms with van der Waals surface area (Å²) in [5.41, 5.74) is 15.9. The first-order valence-corrected chi connectivity index (χ1v) is 20.2. The van der Waals surface area contributed by atoms with Crippen LogP contribution in [0.15, 0.2) is 192 Å². The Morgan fingerprint density at radius 2 is 1.27 bits per heavy atom. The molecule has 2 heteroatoms. The zero-order chi connectivity index (χ0) is 36.0. The van der Waals surface area contributed by atoms with Gasteiger partial charge in [-0.05, 0) is 122 Å². The van der Waals surface area contributed by atoms with Crippen molar-refractivity contribution in [3.63, 3.8) is 0 Å². The molecule has 1 atom stereocenters. The summed E-state index contributed by atoms with van der Waals surface area (Å²) in [5.74, 6) is 0.333. The van der Waals surface area contributed by atoms with E-state index in [1.54, 1.807) is 0 Å². The summed E-state index contributed by atoms with van der Waals surface area (Å²) in [7, 11) is 0. The van der Waals surface area contributed by atoms with E-state index in [4.69, 9.17) is 0 Å². The van der Waals surface area contributed by atoms with Crippen LogP contribution in [-0.2, 0) is 6.42 Å². The summed E-state index contributed by atoms with van der Waals surface area (Å²) in [6.45, 7) is 0. The van der Waals surface area contributed by atoms with Gasteiger partial charge >= 0.3 is 0 Å². The van der Waals surface area contributed by atoms with Gasteiger partial charge in [0.25, 0.3) is 0 Å². The normalized spacial score (nSPS) is 14.5. The van der Waals surface area contributed by atoms with Crippen LogP contribution >= 0.6 is 11.8 Å². The fourth-order valence-corrected chi connectivity index (χ4v) is 10.9. The van der Waals surface area contributed by atoms with Gasteiger partial charge in [0.15, 0.2) is 0 Å². The van der Waals surface area contributed by atoms with E-state index < -0.39 is 0 Å². The summed E-state index contributed by atoms with van der Waals surface area (Å²) in [6.07, 6.45) is 2.11. The summed E-state index contributed by atoms with van der Waals surface area (Å²) in [5, 5.41) is 7.93. The molecule has 0 amide bonds. The average molecular weight is 718 g/mol. The molecule has 0 radical (unpaired) electrons. The van der Waals surface area contributed by atoms with Gasteiger partial charge < -0.3 is 4.57 Å². The largest absolute Gasteiger partial charge is 0.309 e. The minimum absolute atomic E-state index is 0.333. The van der Waals surface area contributed by atoms with Crippen molar-refractivity contribution in [2.45, 2.75) is 28.6 Å². The molecule has 12 rings (SSSR count). The van der Waals surface area contributed by atoms with E-state index >= 15 is 0 Å². The van der Waals surface area contributed by atoms with Crippen LogP contribution in [0.1, 0.15) is 29.0 Å². The molecule has 0 spiro atoms. The van der Waals surface area contributed by atoms with Gasteiger partial charge in [-0.25, -0.2) is 0 Å². The van der Waals surface area contributed by atoms with Crippen LogP contribution in [0.3, 0.4) is 0 Å². The maximum Gasteiger partial charge on any atom is 0.0541 e. The Hall–Kier alpha value is -6.35. The maximum absolute atomic E-state index is 2.55. The lowest BCUT2D eigenvalue weighted by atomic mass is 9.84. The standard InChI is InChI=1S/C53H35NS/c1-2-11-33(12-3-1)36-24-28-49-46(30-36)42-16-8-9-19-48(42)54(49)39-25-27-43-47-31-38-23-26-40(37-22-21-34-13-4-5-14-35(34)29-37)41-15-6-7-17-44(41)52(38)45-18-10-20-50(53(45)47)55-51(43)32-39/h1-22,24-25,27-32,40H,23,26H2/t40-/m0/s1. The van der Waals surface area contributed by atoms with Crippen LogP contribution in [-0.4, -0.2) is 4.57 Å². The number of rotatable bonds is 3. The number of aromatic nitrogens is 1. The molecule has 55 heavy (non-hydrogen) atoms. The summed E-state index contributed by atoms with van der Waals surface area (Å²) < 4.78 is 2.46. The SMILES string of the molecule is c1ccc(-c2ccc3c(c2)c2ccccc2n3-c2ccc3c(c2)Sc2cccc4c5c(cc-3c24)CC[C@@H](c2ccc3ccccc3c2)c2ccccc2-5)cc1. The van der Waals surface area contributed by atoms with Crippen molar-refractivity contribution in [3.05, 3.63) is 199 Å². The zero-order valence-corrected chi connectivity index (χ0v) is 31.0. The fourth-order valence-electron chi connectivity index (χ4n) is 9.71. The van der Waals surface area contributed by atoms with Crippen molar-refractivity contribution in [2.75, 3.05) is 0 Å². The number of fused-ring (bicyclic) bond motifs is 10. The summed E-state index contributed by atoms with van der Waals surface area (Å²) >= 11 is 1.92. The number of hydrogen-bond acceptors (Lipinski definition) is 1. The molecule has 0 saturated heterocycles. The Morgan fingerprint density at radius 3 is 2.22 bits per heavy atom. The third-order valence-electron chi connectivity index (χ3n) is 12.2. The maximum atomic E-state index is 2.55. The first-order chi connectivity index (χ1) is 27.3. The molecule has 0 saturated carbocycles. The second kappa shape index (κ2) is 12.1. The zero-order valence-electron chi connectivity index (χ0n) is 30.2. The van der Waals surface area contributed by atoms with Crippen molar-refractivity contribution in [1.29, 1.82) is 0 Å². The first kappa shape index (κ1) is 31.0. The molecule has 0 fully saturated rings. The lowest BCUT2D eigenvalue weighted by molar-refractivity contribution is 0.727. The second-order valence-electron chi connectivity index (χ2n) is 15.2. The number of hydrogen-bond donors (Lipinski definition) is 0. The van der Waals surface area contributed by atoms with Crippen molar-refractivity contribution < 1.29 is 0 Å². The van der Waals surface area contributed by atoms with Gasteiger partial charge in [0.1, 0.15) is 0 Å². The van der Waals surface area contributed by atoms with Gasteiger partial charge in [0, 0.05) is 37.6 Å². The highest BCUT2D eigenvalue weighted by molar-refractivity contribution is 7.99. The Morgan fingerprint density at radius 1 is 0.473 bits per heavy atom. The third kappa shape index (κ3) is 4.75. The predicted octanol–water partition coefficient (Wildman–Crippen LogP) is 14.6. The summed E-state index contributed by atoms with van der Waals surface area (Å²) in [4.78, 5) is 2.65. The quantitative estimate of drug-likeness (QED) is 0.176. The molecule has 9 aromatic carbocycles. The molecule has 0 N–H and O–H groups in total. The lowest BCUT2D eigenvalue weighted by Gasteiger charge is -2.25. The van der Waals surface area contributed by atoms with Gasteiger partial charge in [0.05, 0.1) is 11.0 Å². The second-order valence-corrected chi connectivity index (χ2v) is 16.2. The molecule has 1 aliphatic carbocycles. The molecular weight excluding hydrogens is 683 g/mol. The van der Waals surface area contributed by atoms with E-state index in [1.165, 1.54) is 109 Å². The number of para-hydroxylation sites is 1. The van der Waals surface area contributed by atoms with Gasteiger partial charge in [-0.1, -0.05) is 151 Å². The topological polar surface area (TPSA) is 4.93 Å². The van der Waals surface area contributed by atoms with Crippen LogP contribution in [0.2, 0.25) is 0 Å². The van der Waals surface area contributed by atoms with Gasteiger partial charge in [-0.3, -0.25) is 0 Å². The van der Waals surface area contributed by atoms with E-state index in [9.17, 15) is 0 Å². The molecule has 1 aromatic heterocycles. The molecular formula is C53H35NS. The highest BCUT2D eigenvalue weighted by Crippen LogP contribution is 2.53. The third-order valence-corrected chi connectivity index (χ3v) is 13.3. The molecule has 10 aromatic rings. The van der Waals surface area contributed by atoms with Gasteiger partial charge in [-0.2, -0.15) is 0 Å². The van der Waals surface area contributed by atoms with E-state index in [0.717, 1.165) is 12.8 Å². The fraction of sp³-hybridized carbons (Fsp3) is 0.0566. The van der Waals surface area contributed by atoms with E-state index in [-0.39, 0.29) is 0 Å². The Labute approximate surface area is 324 Å². The van der Waals surface area contributed by atoms with Crippen molar-refractivity contribution in [1.82, 2.24) is 4.57 Å². The molecule has 1 nitrogen and oxygen atoms in total. The van der Waals surface area contributed by atoms with Crippen molar-refractivity contribution >= 4 is 55.1 Å².